The van der Waals surface area contributed by atoms with Crippen molar-refractivity contribution in [3.05, 3.63) is 69.8 Å². The fourth-order valence-corrected chi connectivity index (χ4v) is 6.26. The summed E-state index contributed by atoms with van der Waals surface area (Å²) in [7, 11) is 0. The lowest BCUT2D eigenvalue weighted by Crippen LogP contribution is -2.63. The average Bonchev–Trinajstić information content (AvgIpc) is 2.86. The van der Waals surface area contributed by atoms with E-state index >= 15 is 4.39 Å². The zero-order valence-corrected chi connectivity index (χ0v) is 25.9. The largest absolute Gasteiger partial charge is 0.481 e. The number of aliphatic carboxylic acids is 1. The number of carboxylic acid groups (broad SMARTS) is 1. The van der Waals surface area contributed by atoms with E-state index in [2.05, 4.69) is 5.32 Å². The normalized spacial score (nSPS) is 18.8. The van der Waals surface area contributed by atoms with Gasteiger partial charge in [-0.1, -0.05) is 13.8 Å². The molecule has 45 heavy (non-hydrogen) atoms. The predicted octanol–water partition coefficient (Wildman–Crippen LogP) is 6.36. The zero-order valence-electron chi connectivity index (χ0n) is 25.9. The molecule has 2 aliphatic rings. The highest BCUT2D eigenvalue weighted by atomic mass is 19.4. The summed E-state index contributed by atoms with van der Waals surface area (Å²) in [6.45, 7) is 9.37. The Morgan fingerprint density at radius 3 is 2.16 bits per heavy atom. The fourth-order valence-electron chi connectivity index (χ4n) is 6.26. The number of hydrogen-bond acceptors (Lipinski definition) is 4. The highest BCUT2D eigenvalue weighted by molar-refractivity contribution is 5.95. The van der Waals surface area contributed by atoms with E-state index in [1.807, 2.05) is 0 Å². The molecule has 244 valence electrons. The molecule has 2 amide bonds. The Morgan fingerprint density at radius 2 is 1.64 bits per heavy atom. The molecule has 2 heterocycles. The molecule has 4 rings (SSSR count). The van der Waals surface area contributed by atoms with Crippen LogP contribution in [0.2, 0.25) is 0 Å². The van der Waals surface area contributed by atoms with Crippen LogP contribution in [0, 0.1) is 38.3 Å². The van der Waals surface area contributed by atoms with Crippen molar-refractivity contribution in [3.8, 4) is 11.1 Å². The quantitative estimate of drug-likeness (QED) is 0.297. The van der Waals surface area contributed by atoms with Crippen LogP contribution < -0.4 is 5.32 Å². The van der Waals surface area contributed by atoms with Crippen molar-refractivity contribution >= 4 is 17.8 Å². The van der Waals surface area contributed by atoms with Gasteiger partial charge in [-0.2, -0.15) is 13.2 Å². The van der Waals surface area contributed by atoms with Crippen LogP contribution in [0.4, 0.5) is 22.0 Å². The van der Waals surface area contributed by atoms with Crippen molar-refractivity contribution < 1.29 is 41.4 Å². The van der Waals surface area contributed by atoms with Gasteiger partial charge in [-0.05, 0) is 91.6 Å². The molecule has 0 aliphatic carbocycles. The monoisotopic (exact) mass is 635 g/mol. The molecule has 12 heteroatoms. The minimum Gasteiger partial charge on any atom is -0.481 e. The zero-order chi connectivity index (χ0) is 33.4. The van der Waals surface area contributed by atoms with Crippen molar-refractivity contribution in [1.82, 2.24) is 15.1 Å². The minimum atomic E-state index is -4.71. The maximum atomic E-state index is 15.7. The number of nitrogens with zero attached hydrogens (tertiary/aromatic N) is 2. The topological polar surface area (TPSA) is 90.0 Å². The van der Waals surface area contributed by atoms with Gasteiger partial charge in [-0.25, -0.2) is 8.78 Å². The first-order chi connectivity index (χ1) is 21.0. The smallest absolute Gasteiger partial charge is 0.413 e. The Hall–Kier alpha value is -3.80. The molecule has 2 aliphatic heterocycles. The fraction of sp³-hybridized carbons (Fsp3) is 0.485. The first-order valence-corrected chi connectivity index (χ1v) is 14.9. The number of hydrogen-bond donors (Lipinski definition) is 2. The summed E-state index contributed by atoms with van der Waals surface area (Å²) >= 11 is 0. The maximum absolute atomic E-state index is 15.7. The number of halogens is 5. The Morgan fingerprint density at radius 1 is 1.02 bits per heavy atom. The molecular formula is C33H38F5N3O4. The van der Waals surface area contributed by atoms with Crippen LogP contribution in [0.25, 0.3) is 11.1 Å². The second-order valence-corrected chi connectivity index (χ2v) is 12.4. The van der Waals surface area contributed by atoms with E-state index < -0.39 is 72.3 Å². The Bertz CT molecular complexity index is 1490. The number of carbonyl (C=O) groups is 3. The summed E-state index contributed by atoms with van der Waals surface area (Å²) in [5.74, 6) is -4.46. The van der Waals surface area contributed by atoms with Crippen LogP contribution in [0.15, 0.2) is 35.9 Å². The van der Waals surface area contributed by atoms with Crippen LogP contribution in [-0.4, -0.2) is 64.2 Å². The van der Waals surface area contributed by atoms with Gasteiger partial charge in [0.2, 0.25) is 11.8 Å². The summed E-state index contributed by atoms with van der Waals surface area (Å²) in [6, 6.07) is 3.01. The molecule has 1 saturated heterocycles. The van der Waals surface area contributed by atoms with Crippen LogP contribution >= 0.6 is 0 Å². The van der Waals surface area contributed by atoms with Crippen molar-refractivity contribution in [1.29, 1.82) is 0 Å². The number of alkyl halides is 3. The number of carboxylic acids is 1. The lowest BCUT2D eigenvalue weighted by molar-refractivity contribution is -0.153. The summed E-state index contributed by atoms with van der Waals surface area (Å²) in [6.07, 6.45) is -5.63. The van der Waals surface area contributed by atoms with Gasteiger partial charge in [-0.15, -0.1) is 0 Å². The molecule has 0 saturated carbocycles. The average molecular weight is 636 g/mol. The second kappa shape index (κ2) is 13.3. The van der Waals surface area contributed by atoms with Crippen molar-refractivity contribution in [2.75, 3.05) is 13.1 Å². The first-order valence-electron chi connectivity index (χ1n) is 14.9. The SMILES string of the molecule is Cc1cc(-c2c(C)cc(F)cc2C)cc([C@H](CC(=O)O)NC(=O)C(CC(C)C)N2C(=O)C=C(C(F)(F)F)CC2N2CCC2)c1F. The van der Waals surface area contributed by atoms with E-state index in [0.29, 0.717) is 41.4 Å². The third-order valence-electron chi connectivity index (χ3n) is 8.42. The number of likely N-dealkylation sites (tertiary alicyclic amines) is 1. The molecule has 3 atom stereocenters. The van der Waals surface area contributed by atoms with E-state index in [-0.39, 0.29) is 23.5 Å². The van der Waals surface area contributed by atoms with Gasteiger partial charge >= 0.3 is 12.1 Å². The molecular weight excluding hydrogens is 597 g/mol. The number of aryl methyl sites for hydroxylation is 3. The van der Waals surface area contributed by atoms with Gasteiger partial charge in [0.1, 0.15) is 17.7 Å². The van der Waals surface area contributed by atoms with Crippen molar-refractivity contribution in [2.24, 2.45) is 5.92 Å². The number of carbonyl (C=O) groups excluding carboxylic acids is 2. The molecule has 0 bridgehead atoms. The Kier molecular flexibility index (Phi) is 10.1. The Labute approximate surface area is 259 Å². The maximum Gasteiger partial charge on any atom is 0.413 e. The molecule has 1 fully saturated rings. The number of rotatable bonds is 10. The minimum absolute atomic E-state index is 0.0758. The van der Waals surface area contributed by atoms with Crippen LogP contribution in [0.3, 0.4) is 0 Å². The molecule has 0 radical (unpaired) electrons. The lowest BCUT2D eigenvalue weighted by Gasteiger charge is -2.49. The molecule has 0 spiro atoms. The molecule has 2 unspecified atom stereocenters. The molecule has 2 aromatic carbocycles. The molecule has 7 nitrogen and oxygen atoms in total. The summed E-state index contributed by atoms with van der Waals surface area (Å²) in [5, 5.41) is 12.4. The van der Waals surface area contributed by atoms with Gasteiger partial charge in [0.05, 0.1) is 18.6 Å². The van der Waals surface area contributed by atoms with Gasteiger partial charge in [0.15, 0.2) is 0 Å². The summed E-state index contributed by atoms with van der Waals surface area (Å²) < 4.78 is 70.9. The molecule has 2 aromatic rings. The third kappa shape index (κ3) is 7.54. The van der Waals surface area contributed by atoms with E-state index in [9.17, 15) is 37.1 Å². The van der Waals surface area contributed by atoms with Crippen molar-refractivity contribution in [2.45, 2.75) is 84.7 Å². The summed E-state index contributed by atoms with van der Waals surface area (Å²) in [4.78, 5) is 42.2. The van der Waals surface area contributed by atoms with E-state index in [1.54, 1.807) is 38.7 Å². The van der Waals surface area contributed by atoms with E-state index in [4.69, 9.17) is 0 Å². The highest BCUT2D eigenvalue weighted by Gasteiger charge is 2.47. The number of nitrogens with one attached hydrogen (secondary N) is 1. The Balaban J connectivity index is 1.76. The second-order valence-electron chi connectivity index (χ2n) is 12.4. The standard InChI is InChI=1S/C33H38F5N3O4/c1-17(2)9-26(41-27(40-7-6-8-40)14-22(15-28(41)42)33(36,37)38)32(45)39-25(16-29(43)44)24-13-21(10-20(5)31(24)35)30-18(3)11-23(34)12-19(30)4/h10-13,15,17,25-27H,6-9,14,16H2,1-5H3,(H,39,45)(H,43,44)/t25-,26?,27?/m0/s1. The van der Waals surface area contributed by atoms with Gasteiger partial charge in [-0.3, -0.25) is 19.3 Å². The van der Waals surface area contributed by atoms with Crippen LogP contribution in [0.5, 0.6) is 0 Å². The third-order valence-corrected chi connectivity index (χ3v) is 8.42. The van der Waals surface area contributed by atoms with Crippen LogP contribution in [-0.2, 0) is 14.4 Å². The van der Waals surface area contributed by atoms with Crippen molar-refractivity contribution in [3.63, 3.8) is 0 Å². The highest BCUT2D eigenvalue weighted by Crippen LogP contribution is 2.38. The van der Waals surface area contributed by atoms with E-state index in [0.717, 1.165) is 11.3 Å². The van der Waals surface area contributed by atoms with Gasteiger partial charge in [0.25, 0.3) is 0 Å². The van der Waals surface area contributed by atoms with E-state index in [1.165, 1.54) is 25.1 Å². The number of benzene rings is 2. The first kappa shape index (κ1) is 34.1. The van der Waals surface area contributed by atoms with Gasteiger partial charge < -0.3 is 15.3 Å². The molecule has 0 aromatic heterocycles. The van der Waals surface area contributed by atoms with Crippen LogP contribution in [0.1, 0.15) is 67.8 Å². The number of amides is 2. The summed E-state index contributed by atoms with van der Waals surface area (Å²) in [5.41, 5.74) is 1.35. The molecule has 2 N–H and O–H groups in total. The van der Waals surface area contributed by atoms with Gasteiger partial charge in [0, 0.05) is 36.7 Å². The lowest BCUT2D eigenvalue weighted by atomic mass is 9.90. The predicted molar refractivity (Wildman–Crippen MR) is 158 cm³/mol.